The van der Waals surface area contributed by atoms with Gasteiger partial charge in [0.15, 0.2) is 5.13 Å². The van der Waals surface area contributed by atoms with Crippen molar-refractivity contribution in [3.05, 3.63) is 46.5 Å². The zero-order valence-electron chi connectivity index (χ0n) is 13.6. The maximum Gasteiger partial charge on any atom is 0.230 e. The molecule has 1 saturated heterocycles. The molecule has 3 heterocycles. The first kappa shape index (κ1) is 15.7. The second kappa shape index (κ2) is 7.01. The number of rotatable bonds is 4. The van der Waals surface area contributed by atoms with Gasteiger partial charge in [-0.3, -0.25) is 9.69 Å². The van der Waals surface area contributed by atoms with E-state index in [1.807, 2.05) is 6.07 Å². The standard InChI is InChI=1S/C18H22N4OS/c23-17(14-6-8-19-10-14)21-18-20-15-12-22(9-7-16(15)24-18)11-13-4-2-1-3-5-13/h1-5,14,19H,6-12H2,(H,20,21,23)/t14-/m0/s1. The summed E-state index contributed by atoms with van der Waals surface area (Å²) in [5, 5.41) is 7.01. The molecular weight excluding hydrogens is 320 g/mol. The Morgan fingerprint density at radius 3 is 3.04 bits per heavy atom. The van der Waals surface area contributed by atoms with Gasteiger partial charge in [-0.15, -0.1) is 11.3 Å². The predicted molar refractivity (Wildman–Crippen MR) is 96.0 cm³/mol. The molecule has 1 atom stereocenters. The van der Waals surface area contributed by atoms with Crippen molar-refractivity contribution in [2.75, 3.05) is 25.0 Å². The van der Waals surface area contributed by atoms with Crippen LogP contribution in [0.3, 0.4) is 0 Å². The number of nitrogens with one attached hydrogen (secondary N) is 2. The van der Waals surface area contributed by atoms with Crippen molar-refractivity contribution in [2.45, 2.75) is 25.9 Å². The summed E-state index contributed by atoms with van der Waals surface area (Å²) in [7, 11) is 0. The van der Waals surface area contributed by atoms with Gasteiger partial charge >= 0.3 is 0 Å². The van der Waals surface area contributed by atoms with Gasteiger partial charge in [0.2, 0.25) is 5.91 Å². The third-order valence-electron chi connectivity index (χ3n) is 4.72. The third kappa shape index (κ3) is 3.50. The summed E-state index contributed by atoms with van der Waals surface area (Å²) < 4.78 is 0. The Bertz CT molecular complexity index is 709. The monoisotopic (exact) mass is 342 g/mol. The molecule has 2 aliphatic heterocycles. The zero-order valence-corrected chi connectivity index (χ0v) is 14.4. The van der Waals surface area contributed by atoms with E-state index in [4.69, 9.17) is 0 Å². The maximum atomic E-state index is 12.2. The Kier molecular flexibility index (Phi) is 4.60. The molecule has 2 N–H and O–H groups in total. The fraction of sp³-hybridized carbons (Fsp3) is 0.444. The molecule has 6 heteroatoms. The van der Waals surface area contributed by atoms with E-state index in [0.717, 1.165) is 56.4 Å². The lowest BCUT2D eigenvalue weighted by molar-refractivity contribution is -0.119. The van der Waals surface area contributed by atoms with Crippen molar-refractivity contribution in [1.82, 2.24) is 15.2 Å². The Labute approximate surface area is 146 Å². The number of thiazole rings is 1. The van der Waals surface area contributed by atoms with Crippen LogP contribution in [0.4, 0.5) is 5.13 Å². The fourth-order valence-corrected chi connectivity index (χ4v) is 4.33. The number of aromatic nitrogens is 1. The van der Waals surface area contributed by atoms with Gasteiger partial charge in [-0.2, -0.15) is 0 Å². The molecule has 2 aliphatic rings. The van der Waals surface area contributed by atoms with Gasteiger partial charge in [-0.05, 0) is 24.9 Å². The van der Waals surface area contributed by atoms with Crippen LogP contribution in [0.2, 0.25) is 0 Å². The quantitative estimate of drug-likeness (QED) is 0.895. The summed E-state index contributed by atoms with van der Waals surface area (Å²) in [6.07, 6.45) is 1.93. The number of amides is 1. The number of hydrogen-bond donors (Lipinski definition) is 2. The molecule has 0 aliphatic carbocycles. The van der Waals surface area contributed by atoms with Crippen LogP contribution in [0.25, 0.3) is 0 Å². The maximum absolute atomic E-state index is 12.2. The summed E-state index contributed by atoms with van der Waals surface area (Å²) in [6, 6.07) is 10.5. The van der Waals surface area contributed by atoms with Crippen molar-refractivity contribution in [1.29, 1.82) is 0 Å². The lowest BCUT2D eigenvalue weighted by Gasteiger charge is -2.25. The van der Waals surface area contributed by atoms with Crippen LogP contribution >= 0.6 is 11.3 Å². The SMILES string of the molecule is O=C(Nc1nc2c(s1)CCN(Cc1ccccc1)C2)[C@H]1CCNC1. The summed E-state index contributed by atoms with van der Waals surface area (Å²) in [5.74, 6) is 0.188. The van der Waals surface area contributed by atoms with E-state index in [0.29, 0.717) is 0 Å². The van der Waals surface area contributed by atoms with E-state index in [9.17, 15) is 4.79 Å². The number of benzene rings is 1. The van der Waals surface area contributed by atoms with Gasteiger partial charge in [0.25, 0.3) is 0 Å². The molecule has 2 aromatic rings. The molecule has 5 nitrogen and oxygen atoms in total. The minimum absolute atomic E-state index is 0.0838. The molecule has 1 fully saturated rings. The van der Waals surface area contributed by atoms with Gasteiger partial charge in [-0.1, -0.05) is 30.3 Å². The first-order chi connectivity index (χ1) is 11.8. The Hall–Kier alpha value is -1.76. The second-order valence-electron chi connectivity index (χ2n) is 6.51. The van der Waals surface area contributed by atoms with E-state index >= 15 is 0 Å². The van der Waals surface area contributed by atoms with Gasteiger partial charge in [-0.25, -0.2) is 4.98 Å². The van der Waals surface area contributed by atoms with Gasteiger partial charge in [0.05, 0.1) is 11.6 Å². The highest BCUT2D eigenvalue weighted by atomic mass is 32.1. The average molecular weight is 342 g/mol. The van der Waals surface area contributed by atoms with E-state index < -0.39 is 0 Å². The fourth-order valence-electron chi connectivity index (χ4n) is 3.37. The first-order valence-electron chi connectivity index (χ1n) is 8.54. The largest absolute Gasteiger partial charge is 0.316 e. The zero-order chi connectivity index (χ0) is 16.4. The molecule has 0 bridgehead atoms. The summed E-state index contributed by atoms with van der Waals surface area (Å²) in [6.45, 7) is 4.57. The van der Waals surface area contributed by atoms with E-state index in [-0.39, 0.29) is 11.8 Å². The molecule has 0 radical (unpaired) electrons. The lowest BCUT2D eigenvalue weighted by Crippen LogP contribution is -2.29. The van der Waals surface area contributed by atoms with Crippen LogP contribution < -0.4 is 10.6 Å². The molecule has 24 heavy (non-hydrogen) atoms. The Morgan fingerprint density at radius 1 is 1.38 bits per heavy atom. The Morgan fingerprint density at radius 2 is 2.25 bits per heavy atom. The van der Waals surface area contributed by atoms with E-state index in [1.54, 1.807) is 11.3 Å². The van der Waals surface area contributed by atoms with Crippen LogP contribution in [0.15, 0.2) is 30.3 Å². The molecule has 1 amide bonds. The molecule has 0 saturated carbocycles. The summed E-state index contributed by atoms with van der Waals surface area (Å²) in [4.78, 5) is 20.7. The number of carbonyl (C=O) groups is 1. The minimum Gasteiger partial charge on any atom is -0.316 e. The molecule has 4 rings (SSSR count). The number of fused-ring (bicyclic) bond motifs is 1. The molecule has 0 unspecified atom stereocenters. The molecule has 126 valence electrons. The van der Waals surface area contributed by atoms with Crippen molar-refractivity contribution >= 4 is 22.4 Å². The number of nitrogens with zero attached hydrogens (tertiary/aromatic N) is 2. The number of anilines is 1. The topological polar surface area (TPSA) is 57.3 Å². The normalized spacial score (nSPS) is 20.8. The first-order valence-corrected chi connectivity index (χ1v) is 9.36. The van der Waals surface area contributed by atoms with Crippen molar-refractivity contribution in [2.24, 2.45) is 5.92 Å². The van der Waals surface area contributed by atoms with Gasteiger partial charge in [0, 0.05) is 31.1 Å². The smallest absolute Gasteiger partial charge is 0.230 e. The molecule has 1 aromatic heterocycles. The van der Waals surface area contributed by atoms with Gasteiger partial charge in [0.1, 0.15) is 0 Å². The predicted octanol–water partition coefficient (Wildman–Crippen LogP) is 2.25. The number of carbonyl (C=O) groups excluding carboxylic acids is 1. The summed E-state index contributed by atoms with van der Waals surface area (Å²) in [5.41, 5.74) is 2.46. The van der Waals surface area contributed by atoms with Crippen molar-refractivity contribution in [3.8, 4) is 0 Å². The minimum atomic E-state index is 0.0838. The Balaban J connectivity index is 1.39. The molecule has 1 aromatic carbocycles. The van der Waals surface area contributed by atoms with Crippen LogP contribution in [-0.4, -0.2) is 35.4 Å². The average Bonchev–Trinajstić information content (AvgIpc) is 3.24. The van der Waals surface area contributed by atoms with Crippen LogP contribution in [0, 0.1) is 5.92 Å². The highest BCUT2D eigenvalue weighted by Gasteiger charge is 2.25. The van der Waals surface area contributed by atoms with Crippen molar-refractivity contribution in [3.63, 3.8) is 0 Å². The summed E-state index contributed by atoms with van der Waals surface area (Å²) >= 11 is 1.64. The van der Waals surface area contributed by atoms with E-state index in [1.165, 1.54) is 10.4 Å². The van der Waals surface area contributed by atoms with Crippen LogP contribution in [-0.2, 0) is 24.3 Å². The highest BCUT2D eigenvalue weighted by Crippen LogP contribution is 2.29. The van der Waals surface area contributed by atoms with Crippen LogP contribution in [0.1, 0.15) is 22.6 Å². The third-order valence-corrected chi connectivity index (χ3v) is 5.79. The van der Waals surface area contributed by atoms with Crippen LogP contribution in [0.5, 0.6) is 0 Å². The molecular formula is C18H22N4OS. The van der Waals surface area contributed by atoms with Crippen molar-refractivity contribution < 1.29 is 4.79 Å². The molecule has 0 spiro atoms. The lowest BCUT2D eigenvalue weighted by atomic mass is 10.1. The van der Waals surface area contributed by atoms with E-state index in [2.05, 4.69) is 44.8 Å². The number of hydrogen-bond acceptors (Lipinski definition) is 5. The highest BCUT2D eigenvalue weighted by molar-refractivity contribution is 7.15. The second-order valence-corrected chi connectivity index (χ2v) is 7.60. The van der Waals surface area contributed by atoms with Gasteiger partial charge < -0.3 is 10.6 Å².